The molecular formula is C36H56O8. The predicted octanol–water partition coefficient (Wildman–Crippen LogP) is 8.23. The number of ether oxygens (including phenoxy) is 2. The van der Waals surface area contributed by atoms with Gasteiger partial charge in [-0.05, 0) is 103 Å². The van der Waals surface area contributed by atoms with Crippen LogP contribution in [0.3, 0.4) is 0 Å². The van der Waals surface area contributed by atoms with E-state index in [0.29, 0.717) is 0 Å². The number of methoxy groups -OCH3 is 2. The summed E-state index contributed by atoms with van der Waals surface area (Å²) in [4.78, 5) is 45.3. The lowest BCUT2D eigenvalue weighted by Gasteiger charge is -2.35. The summed E-state index contributed by atoms with van der Waals surface area (Å²) in [7, 11) is 2.42. The zero-order valence-electron chi connectivity index (χ0n) is 28.7. The first-order valence-electron chi connectivity index (χ1n) is 15.7. The van der Waals surface area contributed by atoms with Gasteiger partial charge in [-0.25, -0.2) is 0 Å². The summed E-state index contributed by atoms with van der Waals surface area (Å²) >= 11 is 0. The van der Waals surface area contributed by atoms with Gasteiger partial charge in [-0.15, -0.1) is 0 Å². The predicted molar refractivity (Wildman–Crippen MR) is 173 cm³/mol. The lowest BCUT2D eigenvalue weighted by Crippen LogP contribution is -2.23. The Morgan fingerprint density at radius 1 is 0.705 bits per heavy atom. The third-order valence-corrected chi connectivity index (χ3v) is 9.25. The van der Waals surface area contributed by atoms with Crippen LogP contribution in [-0.4, -0.2) is 48.3 Å². The Morgan fingerprint density at radius 2 is 1.02 bits per heavy atom. The Balaban J connectivity index is 0.000000440. The molecule has 0 aliphatic heterocycles. The maximum atomic E-state index is 11.5. The zero-order valence-corrected chi connectivity index (χ0v) is 28.7. The molecule has 0 aromatic carbocycles. The first-order chi connectivity index (χ1) is 20.4. The second-order valence-corrected chi connectivity index (χ2v) is 13.7. The van der Waals surface area contributed by atoms with Crippen LogP contribution >= 0.6 is 0 Å². The average Bonchev–Trinajstić information content (AvgIpc) is 2.92. The van der Waals surface area contributed by atoms with Gasteiger partial charge in [0.25, 0.3) is 0 Å². The van der Waals surface area contributed by atoms with Crippen molar-refractivity contribution in [2.24, 2.45) is 22.7 Å². The number of carbonyl (C=O) groups excluding carboxylic acids is 2. The van der Waals surface area contributed by atoms with Crippen molar-refractivity contribution in [1.82, 2.24) is 0 Å². The molecule has 0 saturated carbocycles. The molecule has 0 saturated heterocycles. The fraction of sp³-hybridized carbons (Fsp3) is 0.667. The second kappa shape index (κ2) is 17.4. The van der Waals surface area contributed by atoms with Crippen molar-refractivity contribution < 1.29 is 38.9 Å². The fourth-order valence-corrected chi connectivity index (χ4v) is 6.57. The Kier molecular flexibility index (Phi) is 15.3. The van der Waals surface area contributed by atoms with Crippen LogP contribution in [0.1, 0.15) is 120 Å². The van der Waals surface area contributed by atoms with Crippen LogP contribution < -0.4 is 0 Å². The van der Waals surface area contributed by atoms with Crippen LogP contribution in [0.4, 0.5) is 0 Å². The zero-order chi connectivity index (χ0) is 33.8. The van der Waals surface area contributed by atoms with Crippen LogP contribution in [0.25, 0.3) is 0 Å². The minimum absolute atomic E-state index is 0.219. The van der Waals surface area contributed by atoms with E-state index in [-0.39, 0.29) is 10.8 Å². The number of allylic oxidation sites excluding steroid dienone is 6. The summed E-state index contributed by atoms with van der Waals surface area (Å²) in [6.45, 7) is 17.3. The maximum Gasteiger partial charge on any atom is 0.323 e. The lowest BCUT2D eigenvalue weighted by molar-refractivity contribution is -0.156. The number of carboxylic acids is 2. The summed E-state index contributed by atoms with van der Waals surface area (Å²) in [5, 5.41) is 18.2. The molecule has 0 bridgehead atoms. The van der Waals surface area contributed by atoms with Crippen molar-refractivity contribution in [2.75, 3.05) is 14.2 Å². The van der Waals surface area contributed by atoms with Crippen LogP contribution in [0.15, 0.2) is 45.6 Å². The average molecular weight is 617 g/mol. The Morgan fingerprint density at radius 3 is 1.27 bits per heavy atom. The summed E-state index contributed by atoms with van der Waals surface area (Å²) in [5.41, 5.74) is 8.17. The second-order valence-electron chi connectivity index (χ2n) is 13.7. The van der Waals surface area contributed by atoms with Crippen molar-refractivity contribution in [3.05, 3.63) is 45.6 Å². The van der Waals surface area contributed by atoms with Gasteiger partial charge in [-0.1, -0.05) is 73.3 Å². The molecule has 2 N–H and O–H groups in total. The summed E-state index contributed by atoms with van der Waals surface area (Å²) in [5.74, 6) is -6.20. The summed E-state index contributed by atoms with van der Waals surface area (Å²) in [6, 6.07) is 0. The van der Waals surface area contributed by atoms with Crippen LogP contribution in [0.2, 0.25) is 0 Å². The number of aliphatic carboxylic acids is 2. The molecule has 0 heterocycles. The number of hydrogen-bond donors (Lipinski definition) is 2. The number of carboxylic acid groups (broad SMARTS) is 2. The SMILES string of the molecule is COC(=O)C(/C=C(/C)CCC1=C(C)CCCC1(C)C)C(=O)O.COC(=O)C(/C=C(\C)CCC1=C(C)CCCC1(C)C)C(=O)O. The van der Waals surface area contributed by atoms with E-state index in [1.807, 2.05) is 13.8 Å². The number of rotatable bonds is 12. The van der Waals surface area contributed by atoms with Gasteiger partial charge in [0.1, 0.15) is 0 Å². The highest BCUT2D eigenvalue weighted by Gasteiger charge is 2.30. The monoisotopic (exact) mass is 616 g/mol. The van der Waals surface area contributed by atoms with Crippen molar-refractivity contribution in [3.8, 4) is 0 Å². The van der Waals surface area contributed by atoms with Crippen molar-refractivity contribution in [1.29, 1.82) is 0 Å². The van der Waals surface area contributed by atoms with Crippen LogP contribution in [0.5, 0.6) is 0 Å². The fourth-order valence-electron chi connectivity index (χ4n) is 6.57. The molecule has 8 heteroatoms. The van der Waals surface area contributed by atoms with Gasteiger partial charge in [0.05, 0.1) is 14.2 Å². The molecule has 0 amide bonds. The molecular weight excluding hydrogens is 560 g/mol. The molecule has 0 radical (unpaired) electrons. The minimum Gasteiger partial charge on any atom is -0.480 e. The highest BCUT2D eigenvalue weighted by Crippen LogP contribution is 2.43. The third-order valence-electron chi connectivity index (χ3n) is 9.25. The van der Waals surface area contributed by atoms with E-state index < -0.39 is 35.7 Å². The Bertz CT molecular complexity index is 1090. The normalized spacial score (nSPS) is 19.8. The van der Waals surface area contributed by atoms with Gasteiger partial charge in [-0.3, -0.25) is 19.2 Å². The topological polar surface area (TPSA) is 127 Å². The van der Waals surface area contributed by atoms with Crippen LogP contribution in [-0.2, 0) is 28.7 Å². The highest BCUT2D eigenvalue weighted by molar-refractivity contribution is 5.96. The van der Waals surface area contributed by atoms with Gasteiger partial charge in [0.15, 0.2) is 11.8 Å². The molecule has 44 heavy (non-hydrogen) atoms. The first-order valence-corrected chi connectivity index (χ1v) is 15.7. The summed E-state index contributed by atoms with van der Waals surface area (Å²) < 4.78 is 9.09. The molecule has 2 unspecified atom stereocenters. The minimum atomic E-state index is -1.21. The van der Waals surface area contributed by atoms with E-state index in [1.54, 1.807) is 0 Å². The van der Waals surface area contributed by atoms with E-state index in [9.17, 15) is 19.2 Å². The molecule has 2 aliphatic rings. The van der Waals surface area contributed by atoms with Gasteiger partial charge >= 0.3 is 23.9 Å². The first kappa shape index (κ1) is 38.9. The van der Waals surface area contributed by atoms with Crippen molar-refractivity contribution in [3.63, 3.8) is 0 Å². The number of hydrogen-bond acceptors (Lipinski definition) is 6. The molecule has 2 rings (SSSR count). The largest absolute Gasteiger partial charge is 0.480 e. The van der Waals surface area contributed by atoms with E-state index in [1.165, 1.54) is 74.3 Å². The quantitative estimate of drug-likeness (QED) is 0.128. The van der Waals surface area contributed by atoms with E-state index in [4.69, 9.17) is 10.2 Å². The van der Waals surface area contributed by atoms with E-state index in [0.717, 1.165) is 49.7 Å². The van der Waals surface area contributed by atoms with E-state index >= 15 is 0 Å². The molecule has 2 aliphatic carbocycles. The lowest BCUT2D eigenvalue weighted by atomic mass is 9.71. The summed E-state index contributed by atoms with van der Waals surface area (Å²) in [6.07, 6.45) is 13.6. The van der Waals surface area contributed by atoms with Gasteiger partial charge in [-0.2, -0.15) is 0 Å². The molecule has 248 valence electrons. The molecule has 2 atom stereocenters. The van der Waals surface area contributed by atoms with Crippen LogP contribution in [0, 0.1) is 22.7 Å². The number of carbonyl (C=O) groups is 4. The Hall–Kier alpha value is -3.16. The van der Waals surface area contributed by atoms with Gasteiger partial charge in [0.2, 0.25) is 0 Å². The van der Waals surface area contributed by atoms with Gasteiger partial charge in [0, 0.05) is 0 Å². The van der Waals surface area contributed by atoms with Crippen molar-refractivity contribution >= 4 is 23.9 Å². The standard InChI is InChI=1S/2C18H28O4/c2*1-12(11-14(16(19)20)17(21)22-5)8-9-15-13(2)7-6-10-18(15,3)4/h2*11,14H,6-10H2,1-5H3,(H,19,20)/b12-11+;12-11-. The smallest absolute Gasteiger partial charge is 0.323 e. The molecule has 0 aromatic rings. The van der Waals surface area contributed by atoms with Gasteiger partial charge < -0.3 is 19.7 Å². The highest BCUT2D eigenvalue weighted by atomic mass is 16.5. The molecule has 0 aromatic heterocycles. The molecule has 8 nitrogen and oxygen atoms in total. The number of esters is 2. The molecule has 0 fully saturated rings. The van der Waals surface area contributed by atoms with E-state index in [2.05, 4.69) is 51.0 Å². The van der Waals surface area contributed by atoms with Crippen molar-refractivity contribution in [2.45, 2.75) is 120 Å². The molecule has 0 spiro atoms. The maximum absolute atomic E-state index is 11.5. The third kappa shape index (κ3) is 11.7. The Labute approximate surface area is 264 Å².